The normalized spacial score (nSPS) is 16.9. The number of fused-ring (bicyclic) bond motifs is 1. The Kier molecular flexibility index (Phi) is 2.65. The van der Waals surface area contributed by atoms with E-state index in [1.165, 1.54) is 0 Å². The fourth-order valence-electron chi connectivity index (χ4n) is 2.87. The van der Waals surface area contributed by atoms with E-state index in [1.807, 2.05) is 18.2 Å². The summed E-state index contributed by atoms with van der Waals surface area (Å²) in [5, 5.41) is 6.92. The number of piperidine rings is 1. The second-order valence-electron chi connectivity index (χ2n) is 5.21. The molecule has 1 aromatic carbocycles. The molecule has 4 rings (SSSR count). The highest BCUT2D eigenvalue weighted by atomic mass is 15.3. The van der Waals surface area contributed by atoms with Crippen molar-refractivity contribution in [1.82, 2.24) is 25.1 Å². The molecule has 0 aliphatic carbocycles. The fourth-order valence-corrected chi connectivity index (χ4v) is 2.87. The van der Waals surface area contributed by atoms with Crippen LogP contribution >= 0.6 is 0 Å². The van der Waals surface area contributed by atoms with Gasteiger partial charge in [0.1, 0.15) is 12.2 Å². The molecule has 6 nitrogen and oxygen atoms in total. The molecule has 2 N–H and O–H groups in total. The van der Waals surface area contributed by atoms with Crippen LogP contribution in [-0.4, -0.2) is 38.2 Å². The van der Waals surface area contributed by atoms with Gasteiger partial charge in [-0.15, -0.1) is 0 Å². The molecule has 2 aromatic heterocycles. The summed E-state index contributed by atoms with van der Waals surface area (Å²) in [4.78, 5) is 14.6. The van der Waals surface area contributed by atoms with Crippen molar-refractivity contribution >= 4 is 17.0 Å². The van der Waals surface area contributed by atoms with Crippen molar-refractivity contribution in [3.05, 3.63) is 36.4 Å². The van der Waals surface area contributed by atoms with Crippen molar-refractivity contribution in [2.75, 3.05) is 18.0 Å². The predicted molar refractivity (Wildman–Crippen MR) is 76.7 cm³/mol. The largest absolute Gasteiger partial charge is 0.342 e. The molecule has 0 spiro atoms. The first-order chi connectivity index (χ1) is 9.90. The monoisotopic (exact) mass is 268 g/mol. The van der Waals surface area contributed by atoms with Crippen LogP contribution in [0.2, 0.25) is 0 Å². The highest BCUT2D eigenvalue weighted by Crippen LogP contribution is 2.27. The first-order valence-corrected chi connectivity index (χ1v) is 6.95. The van der Waals surface area contributed by atoms with Crippen LogP contribution in [0.3, 0.4) is 0 Å². The molecule has 0 saturated carbocycles. The van der Waals surface area contributed by atoms with Crippen LogP contribution in [0.15, 0.2) is 30.6 Å². The van der Waals surface area contributed by atoms with Crippen LogP contribution in [0.1, 0.15) is 24.6 Å². The standard InChI is InChI=1S/C14H16N6/c1-2-4-12-11(3-1)17-14(18-12)20-7-5-10(6-8-20)13-15-9-16-19-13/h1-4,9-10H,5-8H2,(H,17,18)(H,15,16,19). The van der Waals surface area contributed by atoms with Crippen molar-refractivity contribution in [3.8, 4) is 0 Å². The number of rotatable bonds is 2. The average molecular weight is 268 g/mol. The highest BCUT2D eigenvalue weighted by molar-refractivity contribution is 5.77. The number of nitrogens with zero attached hydrogens (tertiary/aromatic N) is 4. The molecule has 0 unspecified atom stereocenters. The molecule has 1 saturated heterocycles. The third-order valence-electron chi connectivity index (χ3n) is 3.99. The Bertz CT molecular complexity index is 660. The second-order valence-corrected chi connectivity index (χ2v) is 5.21. The zero-order chi connectivity index (χ0) is 13.4. The molecule has 1 aliphatic rings. The molecule has 3 aromatic rings. The number of H-pyrrole nitrogens is 2. The van der Waals surface area contributed by atoms with E-state index in [0.717, 1.165) is 48.7 Å². The fraction of sp³-hybridized carbons (Fsp3) is 0.357. The predicted octanol–water partition coefficient (Wildman–Crippen LogP) is 2.06. The zero-order valence-corrected chi connectivity index (χ0v) is 11.1. The molecular weight excluding hydrogens is 252 g/mol. The van der Waals surface area contributed by atoms with E-state index >= 15 is 0 Å². The summed E-state index contributed by atoms with van der Waals surface area (Å²) in [7, 11) is 0. The summed E-state index contributed by atoms with van der Waals surface area (Å²) < 4.78 is 0. The molecule has 0 atom stereocenters. The Morgan fingerprint density at radius 3 is 2.75 bits per heavy atom. The first-order valence-electron chi connectivity index (χ1n) is 6.95. The second kappa shape index (κ2) is 4.63. The molecule has 6 heteroatoms. The number of hydrogen-bond acceptors (Lipinski definition) is 4. The van der Waals surface area contributed by atoms with Gasteiger partial charge in [-0.05, 0) is 25.0 Å². The van der Waals surface area contributed by atoms with Crippen molar-refractivity contribution in [3.63, 3.8) is 0 Å². The summed E-state index contributed by atoms with van der Waals surface area (Å²) in [6.45, 7) is 1.98. The summed E-state index contributed by atoms with van der Waals surface area (Å²) in [5.74, 6) is 2.47. The Balaban J connectivity index is 1.51. The van der Waals surface area contributed by atoms with Gasteiger partial charge >= 0.3 is 0 Å². The van der Waals surface area contributed by atoms with E-state index < -0.39 is 0 Å². The molecule has 20 heavy (non-hydrogen) atoms. The number of hydrogen-bond donors (Lipinski definition) is 2. The number of para-hydroxylation sites is 2. The van der Waals surface area contributed by atoms with E-state index in [2.05, 4.69) is 36.1 Å². The molecule has 3 heterocycles. The van der Waals surface area contributed by atoms with Crippen molar-refractivity contribution in [2.24, 2.45) is 0 Å². The lowest BCUT2D eigenvalue weighted by Gasteiger charge is -2.30. The van der Waals surface area contributed by atoms with Crippen LogP contribution < -0.4 is 4.90 Å². The molecule has 0 radical (unpaired) electrons. The minimum absolute atomic E-state index is 0.484. The number of nitrogens with one attached hydrogen (secondary N) is 2. The third kappa shape index (κ3) is 1.93. The Labute approximate surface area is 116 Å². The maximum atomic E-state index is 4.66. The van der Waals surface area contributed by atoms with Gasteiger partial charge in [0.05, 0.1) is 11.0 Å². The summed E-state index contributed by atoms with van der Waals surface area (Å²) in [6, 6.07) is 8.15. The van der Waals surface area contributed by atoms with Crippen LogP contribution in [0.4, 0.5) is 5.95 Å². The third-order valence-corrected chi connectivity index (χ3v) is 3.99. The maximum Gasteiger partial charge on any atom is 0.203 e. The molecule has 1 fully saturated rings. The molecule has 1 aliphatic heterocycles. The number of aromatic amines is 2. The minimum Gasteiger partial charge on any atom is -0.342 e. The quantitative estimate of drug-likeness (QED) is 0.746. The Morgan fingerprint density at radius 1 is 1.15 bits per heavy atom. The zero-order valence-electron chi connectivity index (χ0n) is 11.1. The molecular formula is C14H16N6. The number of aromatic nitrogens is 5. The highest BCUT2D eigenvalue weighted by Gasteiger charge is 2.24. The van der Waals surface area contributed by atoms with Crippen LogP contribution in [0.5, 0.6) is 0 Å². The number of benzene rings is 1. The van der Waals surface area contributed by atoms with Gasteiger partial charge in [0.15, 0.2) is 0 Å². The van der Waals surface area contributed by atoms with Gasteiger partial charge in [0.2, 0.25) is 5.95 Å². The number of imidazole rings is 1. The summed E-state index contributed by atoms with van der Waals surface area (Å²) in [5.41, 5.74) is 2.12. The lowest BCUT2D eigenvalue weighted by Crippen LogP contribution is -2.33. The minimum atomic E-state index is 0.484. The molecule has 0 bridgehead atoms. The van der Waals surface area contributed by atoms with Crippen molar-refractivity contribution in [1.29, 1.82) is 0 Å². The first kappa shape index (κ1) is 11.5. The lowest BCUT2D eigenvalue weighted by atomic mass is 9.96. The van der Waals surface area contributed by atoms with E-state index in [1.54, 1.807) is 6.33 Å². The Hall–Kier alpha value is -2.37. The average Bonchev–Trinajstić information content (AvgIpc) is 3.17. The van der Waals surface area contributed by atoms with E-state index in [0.29, 0.717) is 5.92 Å². The van der Waals surface area contributed by atoms with Crippen LogP contribution in [0, 0.1) is 0 Å². The van der Waals surface area contributed by atoms with E-state index in [-0.39, 0.29) is 0 Å². The van der Waals surface area contributed by atoms with E-state index in [9.17, 15) is 0 Å². The van der Waals surface area contributed by atoms with Crippen molar-refractivity contribution in [2.45, 2.75) is 18.8 Å². The summed E-state index contributed by atoms with van der Waals surface area (Å²) in [6.07, 6.45) is 3.74. The molecule has 102 valence electrons. The lowest BCUT2D eigenvalue weighted by molar-refractivity contribution is 0.483. The van der Waals surface area contributed by atoms with Crippen molar-refractivity contribution < 1.29 is 0 Å². The van der Waals surface area contributed by atoms with Gasteiger partial charge in [-0.3, -0.25) is 5.10 Å². The van der Waals surface area contributed by atoms with Gasteiger partial charge < -0.3 is 9.88 Å². The summed E-state index contributed by atoms with van der Waals surface area (Å²) >= 11 is 0. The maximum absolute atomic E-state index is 4.66. The smallest absolute Gasteiger partial charge is 0.203 e. The van der Waals surface area contributed by atoms with Crippen LogP contribution in [-0.2, 0) is 0 Å². The van der Waals surface area contributed by atoms with Gasteiger partial charge in [0.25, 0.3) is 0 Å². The van der Waals surface area contributed by atoms with Gasteiger partial charge in [-0.2, -0.15) is 5.10 Å². The number of anilines is 1. The molecule has 0 amide bonds. The topological polar surface area (TPSA) is 73.5 Å². The van der Waals surface area contributed by atoms with Crippen LogP contribution in [0.25, 0.3) is 11.0 Å². The van der Waals surface area contributed by atoms with Gasteiger partial charge in [0, 0.05) is 19.0 Å². The van der Waals surface area contributed by atoms with E-state index in [4.69, 9.17) is 0 Å². The van der Waals surface area contributed by atoms with Gasteiger partial charge in [-0.1, -0.05) is 12.1 Å². The van der Waals surface area contributed by atoms with Gasteiger partial charge in [-0.25, -0.2) is 9.97 Å². The SMILES string of the molecule is c1ccc2[nH]c(N3CCC(c4ncn[nH]4)CC3)nc2c1. The Morgan fingerprint density at radius 2 is 2.00 bits per heavy atom.